The van der Waals surface area contributed by atoms with E-state index in [-0.39, 0.29) is 24.4 Å². The molecule has 24 heavy (non-hydrogen) atoms. The van der Waals surface area contributed by atoms with E-state index in [0.717, 1.165) is 22.0 Å². The van der Waals surface area contributed by atoms with Crippen molar-refractivity contribution in [3.63, 3.8) is 0 Å². The third kappa shape index (κ3) is 3.37. The molecule has 2 N–H and O–H groups in total. The molecule has 3 aromatic rings. The predicted octanol–water partition coefficient (Wildman–Crippen LogP) is 2.30. The number of amides is 1. The summed E-state index contributed by atoms with van der Waals surface area (Å²) >= 11 is 0. The molecule has 3 rings (SSSR count). The third-order valence-electron chi connectivity index (χ3n) is 4.03. The molecule has 2 aromatic heterocycles. The van der Waals surface area contributed by atoms with Gasteiger partial charge in [0.25, 0.3) is 5.56 Å². The minimum Gasteiger partial charge on any atom is -0.361 e. The zero-order chi connectivity index (χ0) is 17.3. The molecule has 2 heterocycles. The fourth-order valence-corrected chi connectivity index (χ4v) is 2.58. The van der Waals surface area contributed by atoms with Gasteiger partial charge in [0.05, 0.1) is 12.1 Å². The van der Waals surface area contributed by atoms with Gasteiger partial charge < -0.3 is 14.8 Å². The number of rotatable bonds is 4. The topological polar surface area (TPSA) is 88.0 Å². The van der Waals surface area contributed by atoms with Gasteiger partial charge in [-0.1, -0.05) is 5.16 Å². The highest BCUT2D eigenvalue weighted by atomic mass is 16.5. The van der Waals surface area contributed by atoms with Crippen molar-refractivity contribution >= 4 is 16.8 Å². The van der Waals surface area contributed by atoms with Crippen LogP contribution in [0, 0.1) is 20.8 Å². The largest absolute Gasteiger partial charge is 0.361 e. The molecule has 0 saturated heterocycles. The maximum Gasteiger partial charge on any atom is 0.253 e. The molecule has 1 amide bonds. The number of aromatic nitrogens is 2. The molecule has 0 atom stereocenters. The van der Waals surface area contributed by atoms with Gasteiger partial charge in [-0.25, -0.2) is 0 Å². The molecule has 0 spiro atoms. The average molecular weight is 325 g/mol. The number of carbonyl (C=O) groups is 1. The number of nitrogens with zero attached hydrogens (tertiary/aromatic N) is 1. The first-order chi connectivity index (χ1) is 11.4. The Morgan fingerprint density at radius 3 is 2.62 bits per heavy atom. The van der Waals surface area contributed by atoms with Crippen molar-refractivity contribution in [2.75, 3.05) is 0 Å². The summed E-state index contributed by atoms with van der Waals surface area (Å²) in [5.41, 5.74) is 3.99. The number of carbonyl (C=O) groups excluding carboxylic acids is 1. The van der Waals surface area contributed by atoms with Gasteiger partial charge in [0, 0.05) is 23.7 Å². The molecule has 124 valence electrons. The number of nitrogens with one attached hydrogen (secondary N) is 2. The first-order valence-electron chi connectivity index (χ1n) is 7.74. The lowest BCUT2D eigenvalue weighted by Gasteiger charge is -2.07. The Bertz CT molecular complexity index is 969. The number of benzene rings is 1. The molecule has 0 radical (unpaired) electrons. The lowest BCUT2D eigenvalue weighted by molar-refractivity contribution is -0.120. The second-order valence-electron chi connectivity index (χ2n) is 6.03. The van der Waals surface area contributed by atoms with Gasteiger partial charge in [-0.2, -0.15) is 0 Å². The maximum absolute atomic E-state index is 12.2. The Morgan fingerprint density at radius 1 is 1.17 bits per heavy atom. The quantitative estimate of drug-likeness (QED) is 0.770. The van der Waals surface area contributed by atoms with Gasteiger partial charge in [0.2, 0.25) is 5.91 Å². The number of fused-ring (bicyclic) bond motifs is 1. The van der Waals surface area contributed by atoms with Gasteiger partial charge in [-0.3, -0.25) is 9.59 Å². The first kappa shape index (κ1) is 16.0. The van der Waals surface area contributed by atoms with Crippen LogP contribution in [0.15, 0.2) is 33.6 Å². The van der Waals surface area contributed by atoms with Crippen LogP contribution in [0.3, 0.4) is 0 Å². The molecule has 0 unspecified atom stereocenters. The highest BCUT2D eigenvalue weighted by Crippen LogP contribution is 2.17. The molecule has 1 aromatic carbocycles. The van der Waals surface area contributed by atoms with Crippen LogP contribution in [-0.4, -0.2) is 16.0 Å². The van der Waals surface area contributed by atoms with Crippen LogP contribution in [0.4, 0.5) is 0 Å². The van der Waals surface area contributed by atoms with E-state index in [1.165, 1.54) is 0 Å². The van der Waals surface area contributed by atoms with Gasteiger partial charge in [0.15, 0.2) is 0 Å². The minimum atomic E-state index is -0.206. The van der Waals surface area contributed by atoms with E-state index in [9.17, 15) is 9.59 Å². The highest BCUT2D eigenvalue weighted by Gasteiger charge is 2.09. The summed E-state index contributed by atoms with van der Waals surface area (Å²) in [7, 11) is 0. The Hall–Kier alpha value is -2.89. The average Bonchev–Trinajstić information content (AvgIpc) is 2.92. The van der Waals surface area contributed by atoms with Gasteiger partial charge in [-0.15, -0.1) is 0 Å². The summed E-state index contributed by atoms with van der Waals surface area (Å²) in [6.07, 6.45) is 0.126. The van der Waals surface area contributed by atoms with Crippen LogP contribution in [0.2, 0.25) is 0 Å². The maximum atomic E-state index is 12.2. The van der Waals surface area contributed by atoms with E-state index in [0.29, 0.717) is 17.0 Å². The summed E-state index contributed by atoms with van der Waals surface area (Å²) in [6.45, 7) is 5.98. The van der Waals surface area contributed by atoms with E-state index < -0.39 is 0 Å². The van der Waals surface area contributed by atoms with E-state index >= 15 is 0 Å². The number of H-pyrrole nitrogens is 1. The summed E-state index contributed by atoms with van der Waals surface area (Å²) < 4.78 is 4.93. The van der Waals surface area contributed by atoms with Crippen molar-refractivity contribution in [2.45, 2.75) is 33.7 Å². The number of hydrogen-bond acceptors (Lipinski definition) is 4. The third-order valence-corrected chi connectivity index (χ3v) is 4.03. The predicted molar refractivity (Wildman–Crippen MR) is 90.8 cm³/mol. The fourth-order valence-electron chi connectivity index (χ4n) is 2.58. The molecule has 0 saturated carbocycles. The second kappa shape index (κ2) is 6.31. The number of aryl methyl sites for hydroxylation is 3. The Kier molecular flexibility index (Phi) is 4.20. The Morgan fingerprint density at radius 2 is 1.92 bits per heavy atom. The Labute approximate surface area is 138 Å². The van der Waals surface area contributed by atoms with E-state index in [2.05, 4.69) is 15.5 Å². The van der Waals surface area contributed by atoms with Gasteiger partial charge in [-0.05, 0) is 55.5 Å². The minimum absolute atomic E-state index is 0.126. The molecule has 0 bridgehead atoms. The van der Waals surface area contributed by atoms with E-state index in [4.69, 9.17) is 4.52 Å². The van der Waals surface area contributed by atoms with Crippen LogP contribution < -0.4 is 10.9 Å². The summed E-state index contributed by atoms with van der Waals surface area (Å²) in [5, 5.41) is 7.48. The lowest BCUT2D eigenvalue weighted by Crippen LogP contribution is -2.28. The van der Waals surface area contributed by atoms with Crippen LogP contribution in [0.1, 0.15) is 28.1 Å². The van der Waals surface area contributed by atoms with Crippen LogP contribution in [0.5, 0.6) is 0 Å². The van der Waals surface area contributed by atoms with Crippen molar-refractivity contribution in [1.29, 1.82) is 0 Å². The number of hydrogen-bond donors (Lipinski definition) is 2. The number of aromatic amines is 1. The van der Waals surface area contributed by atoms with Crippen molar-refractivity contribution < 1.29 is 9.32 Å². The highest BCUT2D eigenvalue weighted by molar-refractivity contribution is 5.81. The van der Waals surface area contributed by atoms with Crippen LogP contribution >= 0.6 is 0 Å². The van der Waals surface area contributed by atoms with Crippen molar-refractivity contribution in [3.8, 4) is 0 Å². The zero-order valence-electron chi connectivity index (χ0n) is 13.9. The smallest absolute Gasteiger partial charge is 0.253 e. The summed E-state index contributed by atoms with van der Waals surface area (Å²) in [5.74, 6) is 0.456. The summed E-state index contributed by atoms with van der Waals surface area (Å²) in [6, 6.07) is 7.53. The molecule has 0 aliphatic carbocycles. The van der Waals surface area contributed by atoms with Crippen molar-refractivity contribution in [3.05, 3.63) is 62.8 Å². The van der Waals surface area contributed by atoms with Crippen molar-refractivity contribution in [2.24, 2.45) is 0 Å². The van der Waals surface area contributed by atoms with Crippen molar-refractivity contribution in [1.82, 2.24) is 15.5 Å². The molecule has 6 nitrogen and oxygen atoms in total. The standard InChI is InChI=1S/C18H19N3O3/c1-10-4-13-7-14(18(23)20-16(13)5-11(10)2)9-19-17(22)8-15-6-12(3)24-21-15/h4-7H,8-9H2,1-3H3,(H,19,22)(H,20,23). The normalized spacial score (nSPS) is 11.0. The number of pyridine rings is 1. The molecular formula is C18H19N3O3. The Balaban J connectivity index is 1.75. The molecule has 0 aliphatic heterocycles. The fraction of sp³-hybridized carbons (Fsp3) is 0.278. The lowest BCUT2D eigenvalue weighted by atomic mass is 10.0. The SMILES string of the molecule is Cc1cc(CC(=O)NCc2cc3cc(C)c(C)cc3[nH]c2=O)no1. The molecule has 0 aliphatic rings. The molecule has 6 heteroatoms. The van der Waals surface area contributed by atoms with Gasteiger partial charge in [0.1, 0.15) is 5.76 Å². The van der Waals surface area contributed by atoms with Gasteiger partial charge >= 0.3 is 0 Å². The van der Waals surface area contributed by atoms with Crippen LogP contribution in [-0.2, 0) is 17.8 Å². The molecular weight excluding hydrogens is 306 g/mol. The first-order valence-corrected chi connectivity index (χ1v) is 7.74. The van der Waals surface area contributed by atoms with E-state index in [1.807, 2.05) is 32.0 Å². The monoisotopic (exact) mass is 325 g/mol. The van der Waals surface area contributed by atoms with Crippen LogP contribution in [0.25, 0.3) is 10.9 Å². The van der Waals surface area contributed by atoms with E-state index in [1.54, 1.807) is 13.0 Å². The zero-order valence-corrected chi connectivity index (χ0v) is 13.9. The summed E-state index contributed by atoms with van der Waals surface area (Å²) in [4.78, 5) is 27.0. The molecule has 0 fully saturated rings. The second-order valence-corrected chi connectivity index (χ2v) is 6.03.